The van der Waals surface area contributed by atoms with Crippen LogP contribution in [-0.2, 0) is 4.79 Å². The highest BCUT2D eigenvalue weighted by Gasteiger charge is 2.40. The Labute approximate surface area is 114 Å². The lowest BCUT2D eigenvalue weighted by Gasteiger charge is -2.22. The van der Waals surface area contributed by atoms with Crippen LogP contribution >= 0.6 is 0 Å². The molecule has 2 fully saturated rings. The molecule has 3 nitrogen and oxygen atoms in total. The van der Waals surface area contributed by atoms with Gasteiger partial charge in [0.05, 0.1) is 6.04 Å². The molecular formula is C16H22N2O. The molecular weight excluding hydrogens is 236 g/mol. The molecule has 1 heterocycles. The number of aromatic nitrogens is 1. The minimum absolute atomic E-state index is 0.0779. The van der Waals surface area contributed by atoms with Crippen LogP contribution in [0, 0.1) is 17.8 Å². The van der Waals surface area contributed by atoms with Gasteiger partial charge in [0.25, 0.3) is 0 Å². The Kier molecular flexibility index (Phi) is 3.54. The van der Waals surface area contributed by atoms with Crippen molar-refractivity contribution in [3.05, 3.63) is 30.1 Å². The van der Waals surface area contributed by atoms with E-state index in [1.807, 2.05) is 19.1 Å². The Balaban J connectivity index is 1.51. The van der Waals surface area contributed by atoms with Crippen LogP contribution in [0.25, 0.3) is 0 Å². The number of hydrogen-bond donors (Lipinski definition) is 1. The largest absolute Gasteiger partial charge is 0.350 e. The van der Waals surface area contributed by atoms with Crippen molar-refractivity contribution >= 4 is 5.91 Å². The van der Waals surface area contributed by atoms with Crippen LogP contribution < -0.4 is 5.32 Å². The van der Waals surface area contributed by atoms with Gasteiger partial charge in [0.15, 0.2) is 0 Å². The second kappa shape index (κ2) is 5.32. The number of hydrogen-bond acceptors (Lipinski definition) is 2. The first kappa shape index (κ1) is 12.6. The van der Waals surface area contributed by atoms with Crippen molar-refractivity contribution in [1.29, 1.82) is 0 Å². The van der Waals surface area contributed by atoms with Crippen LogP contribution in [0.5, 0.6) is 0 Å². The van der Waals surface area contributed by atoms with Gasteiger partial charge in [-0.2, -0.15) is 0 Å². The Bertz CT molecular complexity index is 445. The van der Waals surface area contributed by atoms with E-state index in [1.54, 1.807) is 12.4 Å². The summed E-state index contributed by atoms with van der Waals surface area (Å²) in [5.41, 5.74) is 1.12. The Morgan fingerprint density at radius 2 is 2.16 bits per heavy atom. The highest BCUT2D eigenvalue weighted by molar-refractivity contribution is 5.76. The molecule has 0 saturated heterocycles. The average Bonchev–Trinajstić information content (AvgIpc) is 3.02. The Morgan fingerprint density at radius 1 is 1.37 bits per heavy atom. The number of carbonyl (C=O) groups is 1. The monoisotopic (exact) mass is 258 g/mol. The SMILES string of the molecule is C[C@@H](NC(=O)C[C@H]1C[C@H]2CC[C@H]1C2)c1ccncc1. The van der Waals surface area contributed by atoms with Crippen LogP contribution in [-0.4, -0.2) is 10.9 Å². The average molecular weight is 258 g/mol. The molecule has 0 spiro atoms. The van der Waals surface area contributed by atoms with Gasteiger partial charge in [-0.25, -0.2) is 0 Å². The molecule has 2 aliphatic carbocycles. The van der Waals surface area contributed by atoms with Crippen LogP contribution in [0.4, 0.5) is 0 Å². The van der Waals surface area contributed by atoms with E-state index in [2.05, 4.69) is 10.3 Å². The summed E-state index contributed by atoms with van der Waals surface area (Å²) in [5, 5.41) is 3.12. The zero-order valence-corrected chi connectivity index (χ0v) is 11.5. The zero-order valence-electron chi connectivity index (χ0n) is 11.5. The maximum absolute atomic E-state index is 12.1. The molecule has 1 amide bonds. The first-order valence-electron chi connectivity index (χ1n) is 7.41. The number of amides is 1. The molecule has 2 saturated carbocycles. The number of fused-ring (bicyclic) bond motifs is 2. The molecule has 0 aromatic carbocycles. The van der Waals surface area contributed by atoms with E-state index in [4.69, 9.17) is 0 Å². The number of rotatable bonds is 4. The van der Waals surface area contributed by atoms with Gasteiger partial charge in [-0.1, -0.05) is 6.42 Å². The van der Waals surface area contributed by atoms with Crippen LogP contribution in [0.3, 0.4) is 0 Å². The molecule has 4 atom stereocenters. The predicted octanol–water partition coefficient (Wildman–Crippen LogP) is 3.09. The molecule has 3 rings (SSSR count). The third kappa shape index (κ3) is 2.80. The summed E-state index contributed by atoms with van der Waals surface area (Å²) in [6.07, 6.45) is 9.66. The Morgan fingerprint density at radius 3 is 2.79 bits per heavy atom. The summed E-state index contributed by atoms with van der Waals surface area (Å²) in [7, 11) is 0. The predicted molar refractivity (Wildman–Crippen MR) is 74.3 cm³/mol. The van der Waals surface area contributed by atoms with Gasteiger partial charge in [0.1, 0.15) is 0 Å². The highest BCUT2D eigenvalue weighted by Crippen LogP contribution is 2.49. The van der Waals surface area contributed by atoms with E-state index in [-0.39, 0.29) is 11.9 Å². The van der Waals surface area contributed by atoms with Crippen molar-refractivity contribution in [2.24, 2.45) is 17.8 Å². The topological polar surface area (TPSA) is 42.0 Å². The van der Waals surface area contributed by atoms with E-state index in [1.165, 1.54) is 25.7 Å². The van der Waals surface area contributed by atoms with Gasteiger partial charge < -0.3 is 5.32 Å². The molecule has 0 aliphatic heterocycles. The van der Waals surface area contributed by atoms with E-state index >= 15 is 0 Å². The minimum atomic E-state index is 0.0779. The van der Waals surface area contributed by atoms with E-state index in [0.29, 0.717) is 5.92 Å². The van der Waals surface area contributed by atoms with Gasteiger partial charge in [0.2, 0.25) is 5.91 Å². The molecule has 3 heteroatoms. The third-order valence-corrected chi connectivity index (χ3v) is 4.92. The lowest BCUT2D eigenvalue weighted by molar-refractivity contribution is -0.123. The third-order valence-electron chi connectivity index (χ3n) is 4.92. The van der Waals surface area contributed by atoms with E-state index in [0.717, 1.165) is 23.8 Å². The van der Waals surface area contributed by atoms with Crippen molar-refractivity contribution < 1.29 is 4.79 Å². The van der Waals surface area contributed by atoms with Crippen molar-refractivity contribution in [1.82, 2.24) is 10.3 Å². The van der Waals surface area contributed by atoms with Gasteiger partial charge >= 0.3 is 0 Å². The summed E-state index contributed by atoms with van der Waals surface area (Å²) in [6, 6.07) is 4.00. The van der Waals surface area contributed by atoms with E-state index < -0.39 is 0 Å². The molecule has 0 unspecified atom stereocenters. The van der Waals surface area contributed by atoms with Crippen LogP contribution in [0.2, 0.25) is 0 Å². The summed E-state index contributed by atoms with van der Waals surface area (Å²) in [4.78, 5) is 16.1. The lowest BCUT2D eigenvalue weighted by Crippen LogP contribution is -2.29. The smallest absolute Gasteiger partial charge is 0.220 e. The maximum atomic E-state index is 12.1. The van der Waals surface area contributed by atoms with Crippen molar-refractivity contribution in [3.8, 4) is 0 Å². The number of nitrogens with zero attached hydrogens (tertiary/aromatic N) is 1. The van der Waals surface area contributed by atoms with Gasteiger partial charge in [0, 0.05) is 18.8 Å². The second-order valence-corrected chi connectivity index (χ2v) is 6.21. The quantitative estimate of drug-likeness (QED) is 0.901. The lowest BCUT2D eigenvalue weighted by atomic mass is 9.86. The molecule has 2 aliphatic rings. The fraction of sp³-hybridized carbons (Fsp3) is 0.625. The zero-order chi connectivity index (χ0) is 13.2. The molecule has 102 valence electrons. The first-order valence-corrected chi connectivity index (χ1v) is 7.41. The highest BCUT2D eigenvalue weighted by atomic mass is 16.1. The number of pyridine rings is 1. The van der Waals surface area contributed by atoms with Crippen molar-refractivity contribution in [2.75, 3.05) is 0 Å². The summed E-state index contributed by atoms with van der Waals surface area (Å²) in [6.45, 7) is 2.04. The van der Waals surface area contributed by atoms with Crippen LogP contribution in [0.15, 0.2) is 24.5 Å². The fourth-order valence-corrected chi connectivity index (χ4v) is 3.90. The number of carbonyl (C=O) groups excluding carboxylic acids is 1. The summed E-state index contributed by atoms with van der Waals surface area (Å²) in [5.74, 6) is 2.60. The standard InChI is InChI=1S/C16H22N2O/c1-11(13-4-6-17-7-5-13)18-16(19)10-15-9-12-2-3-14(15)8-12/h4-7,11-12,14-15H,2-3,8-10H2,1H3,(H,18,19)/t11-,12+,14+,15-/m1/s1. The summed E-state index contributed by atoms with van der Waals surface area (Å²) < 4.78 is 0. The second-order valence-electron chi connectivity index (χ2n) is 6.21. The van der Waals surface area contributed by atoms with Crippen molar-refractivity contribution in [3.63, 3.8) is 0 Å². The fourth-order valence-electron chi connectivity index (χ4n) is 3.90. The molecule has 1 N–H and O–H groups in total. The molecule has 2 bridgehead atoms. The molecule has 1 aromatic heterocycles. The summed E-state index contributed by atoms with van der Waals surface area (Å²) >= 11 is 0. The number of nitrogens with one attached hydrogen (secondary N) is 1. The van der Waals surface area contributed by atoms with Gasteiger partial charge in [-0.3, -0.25) is 9.78 Å². The van der Waals surface area contributed by atoms with Gasteiger partial charge in [-0.05, 0) is 61.6 Å². The van der Waals surface area contributed by atoms with E-state index in [9.17, 15) is 4.79 Å². The van der Waals surface area contributed by atoms with Crippen LogP contribution in [0.1, 0.15) is 50.6 Å². The first-order chi connectivity index (χ1) is 9.22. The normalized spacial score (nSPS) is 30.3. The minimum Gasteiger partial charge on any atom is -0.350 e. The molecule has 1 aromatic rings. The maximum Gasteiger partial charge on any atom is 0.220 e. The molecule has 0 radical (unpaired) electrons. The van der Waals surface area contributed by atoms with Gasteiger partial charge in [-0.15, -0.1) is 0 Å². The molecule has 19 heavy (non-hydrogen) atoms. The Hall–Kier alpha value is -1.38. The van der Waals surface area contributed by atoms with Crippen molar-refractivity contribution in [2.45, 2.75) is 45.1 Å².